The van der Waals surface area contributed by atoms with Crippen LogP contribution in [0.5, 0.6) is 0 Å². The average Bonchev–Trinajstić information content (AvgIpc) is 3.09. The van der Waals surface area contributed by atoms with Gasteiger partial charge in [0.25, 0.3) is 0 Å². The number of thiophene rings is 1. The van der Waals surface area contributed by atoms with Gasteiger partial charge < -0.3 is 11.1 Å². The third kappa shape index (κ3) is 4.16. The van der Waals surface area contributed by atoms with Crippen molar-refractivity contribution in [2.75, 3.05) is 19.6 Å². The Morgan fingerprint density at radius 2 is 2.17 bits per heavy atom. The Bertz CT molecular complexity index is 665. The predicted octanol–water partition coefficient (Wildman–Crippen LogP) is 3.16. The van der Waals surface area contributed by atoms with Crippen LogP contribution in [0.1, 0.15) is 35.4 Å². The molecule has 1 unspecified atom stereocenters. The van der Waals surface area contributed by atoms with Crippen LogP contribution in [0.4, 0.5) is 0 Å². The van der Waals surface area contributed by atoms with Gasteiger partial charge in [-0.2, -0.15) is 0 Å². The minimum atomic E-state index is 0.265. The molecule has 24 heavy (non-hydrogen) atoms. The Balaban J connectivity index is 1.76. The summed E-state index contributed by atoms with van der Waals surface area (Å²) >= 11 is 1.88. The van der Waals surface area contributed by atoms with Gasteiger partial charge in [0.05, 0.1) is 12.6 Å². The minimum Gasteiger partial charge on any atom is -0.370 e. The highest BCUT2D eigenvalue weighted by Gasteiger charge is 2.25. The molecule has 1 aromatic heterocycles. The van der Waals surface area contributed by atoms with Crippen molar-refractivity contribution in [2.24, 2.45) is 10.7 Å². The van der Waals surface area contributed by atoms with Gasteiger partial charge in [-0.1, -0.05) is 37.3 Å². The lowest BCUT2D eigenvalue weighted by Crippen LogP contribution is -2.37. The highest BCUT2D eigenvalue weighted by Crippen LogP contribution is 2.30. The number of aliphatic imine (C=N–C) groups is 1. The van der Waals surface area contributed by atoms with Gasteiger partial charge in [0, 0.05) is 24.5 Å². The van der Waals surface area contributed by atoms with Gasteiger partial charge in [-0.15, -0.1) is 11.3 Å². The summed E-state index contributed by atoms with van der Waals surface area (Å²) in [6.45, 7) is 5.75. The number of rotatable bonds is 6. The molecular weight excluding hydrogens is 316 g/mol. The molecule has 2 heterocycles. The molecule has 1 atom stereocenters. The molecular formula is C19H26N4S. The first-order valence-electron chi connectivity index (χ1n) is 8.66. The Labute approximate surface area is 148 Å². The molecule has 0 saturated carbocycles. The molecule has 0 bridgehead atoms. The van der Waals surface area contributed by atoms with Crippen LogP contribution in [0.15, 0.2) is 46.8 Å². The van der Waals surface area contributed by atoms with E-state index in [2.05, 4.69) is 63.9 Å². The molecule has 2 aromatic rings. The van der Waals surface area contributed by atoms with E-state index >= 15 is 0 Å². The Morgan fingerprint density at radius 3 is 2.96 bits per heavy atom. The number of fused-ring (bicyclic) bond motifs is 1. The number of hydrogen-bond donors (Lipinski definition) is 2. The van der Waals surface area contributed by atoms with E-state index in [9.17, 15) is 0 Å². The van der Waals surface area contributed by atoms with Crippen LogP contribution in [0.3, 0.4) is 0 Å². The van der Waals surface area contributed by atoms with E-state index in [4.69, 9.17) is 5.73 Å². The van der Waals surface area contributed by atoms with Crippen LogP contribution in [0, 0.1) is 0 Å². The molecule has 1 aliphatic rings. The third-order valence-electron chi connectivity index (χ3n) is 4.45. The third-order valence-corrected chi connectivity index (χ3v) is 5.48. The molecule has 0 aliphatic carbocycles. The summed E-state index contributed by atoms with van der Waals surface area (Å²) in [6.07, 6.45) is 2.18. The summed E-state index contributed by atoms with van der Waals surface area (Å²) in [7, 11) is 0. The van der Waals surface area contributed by atoms with Crippen LogP contribution < -0.4 is 11.1 Å². The van der Waals surface area contributed by atoms with Gasteiger partial charge in [0.1, 0.15) is 0 Å². The second-order valence-electron chi connectivity index (χ2n) is 6.17. The second-order valence-corrected chi connectivity index (χ2v) is 7.17. The highest BCUT2D eigenvalue weighted by atomic mass is 32.1. The van der Waals surface area contributed by atoms with Gasteiger partial charge in [-0.25, -0.2) is 0 Å². The van der Waals surface area contributed by atoms with Crippen LogP contribution in [-0.2, 0) is 13.0 Å². The summed E-state index contributed by atoms with van der Waals surface area (Å²) in [5.74, 6) is 0.547. The summed E-state index contributed by atoms with van der Waals surface area (Å²) in [5, 5.41) is 5.37. The summed E-state index contributed by atoms with van der Waals surface area (Å²) in [5.41, 5.74) is 8.77. The lowest BCUT2D eigenvalue weighted by atomic mass is 10.0. The molecule has 1 aromatic carbocycles. The van der Waals surface area contributed by atoms with E-state index in [0.29, 0.717) is 12.5 Å². The molecule has 0 spiro atoms. The number of hydrogen-bond acceptors (Lipinski definition) is 3. The van der Waals surface area contributed by atoms with Gasteiger partial charge >= 0.3 is 0 Å². The zero-order chi connectivity index (χ0) is 16.8. The normalized spacial score (nSPS) is 16.6. The monoisotopic (exact) mass is 342 g/mol. The van der Waals surface area contributed by atoms with Crippen molar-refractivity contribution in [3.05, 3.63) is 57.8 Å². The molecule has 0 fully saturated rings. The average molecular weight is 343 g/mol. The summed E-state index contributed by atoms with van der Waals surface area (Å²) in [6, 6.07) is 13.2. The molecule has 1 aliphatic heterocycles. The van der Waals surface area contributed by atoms with E-state index in [1.165, 1.54) is 16.0 Å². The lowest BCUT2D eigenvalue weighted by molar-refractivity contribution is 0.185. The second kappa shape index (κ2) is 8.31. The van der Waals surface area contributed by atoms with Gasteiger partial charge in [-0.3, -0.25) is 9.89 Å². The molecule has 4 nitrogen and oxygen atoms in total. The topological polar surface area (TPSA) is 53.6 Å². The fraction of sp³-hybridized carbons (Fsp3) is 0.421. The van der Waals surface area contributed by atoms with Gasteiger partial charge in [0.2, 0.25) is 0 Å². The van der Waals surface area contributed by atoms with Crippen molar-refractivity contribution in [1.29, 1.82) is 0 Å². The number of benzene rings is 1. The van der Waals surface area contributed by atoms with E-state index in [1.807, 2.05) is 11.3 Å². The van der Waals surface area contributed by atoms with Crippen molar-refractivity contribution in [1.82, 2.24) is 10.2 Å². The van der Waals surface area contributed by atoms with E-state index in [0.717, 1.165) is 32.5 Å². The minimum absolute atomic E-state index is 0.265. The maximum absolute atomic E-state index is 6.00. The number of nitrogens with one attached hydrogen (secondary N) is 1. The van der Waals surface area contributed by atoms with Crippen molar-refractivity contribution in [2.45, 2.75) is 32.4 Å². The number of guanidine groups is 1. The van der Waals surface area contributed by atoms with Crippen molar-refractivity contribution in [3.63, 3.8) is 0 Å². The molecule has 0 amide bonds. The smallest absolute Gasteiger partial charge is 0.188 e. The van der Waals surface area contributed by atoms with Crippen LogP contribution in [0.2, 0.25) is 0 Å². The van der Waals surface area contributed by atoms with Crippen LogP contribution in [0.25, 0.3) is 0 Å². The maximum atomic E-state index is 6.00. The number of nitrogens with two attached hydrogens (primary N) is 1. The Kier molecular flexibility index (Phi) is 5.88. The molecule has 0 radical (unpaired) electrons. The fourth-order valence-corrected chi connectivity index (χ4v) is 4.03. The highest BCUT2D eigenvalue weighted by molar-refractivity contribution is 7.10. The first kappa shape index (κ1) is 17.0. The van der Waals surface area contributed by atoms with Crippen LogP contribution in [-0.4, -0.2) is 30.5 Å². The first-order chi connectivity index (χ1) is 11.8. The first-order valence-corrected chi connectivity index (χ1v) is 9.54. The fourth-order valence-electron chi connectivity index (χ4n) is 3.14. The summed E-state index contributed by atoms with van der Waals surface area (Å²) < 4.78 is 0. The maximum Gasteiger partial charge on any atom is 0.188 e. The largest absolute Gasteiger partial charge is 0.370 e. The standard InChI is InChI=1S/C19H26N4S/c1-2-10-21-19(20)22-13-17(15-6-4-3-5-7-15)23-11-8-18-16(14-23)9-12-24-18/h3-7,9,12,17H,2,8,10-11,13-14H2,1H3,(H3,20,21,22). The molecule has 3 N–H and O–H groups in total. The van der Waals surface area contributed by atoms with E-state index in [-0.39, 0.29) is 6.04 Å². The van der Waals surface area contributed by atoms with Gasteiger partial charge in [0.15, 0.2) is 5.96 Å². The van der Waals surface area contributed by atoms with E-state index in [1.54, 1.807) is 0 Å². The molecule has 128 valence electrons. The van der Waals surface area contributed by atoms with Crippen molar-refractivity contribution >= 4 is 17.3 Å². The Morgan fingerprint density at radius 1 is 1.33 bits per heavy atom. The quantitative estimate of drug-likeness (QED) is 0.626. The zero-order valence-corrected chi connectivity index (χ0v) is 15.1. The molecule has 0 saturated heterocycles. The summed E-state index contributed by atoms with van der Waals surface area (Å²) in [4.78, 5) is 8.66. The molecule has 3 rings (SSSR count). The molecule has 5 heteroatoms. The predicted molar refractivity (Wildman–Crippen MR) is 102 cm³/mol. The number of nitrogens with zero attached hydrogens (tertiary/aromatic N) is 2. The van der Waals surface area contributed by atoms with Crippen molar-refractivity contribution < 1.29 is 0 Å². The van der Waals surface area contributed by atoms with Crippen molar-refractivity contribution in [3.8, 4) is 0 Å². The SMILES string of the molecule is CCCNC(N)=NCC(c1ccccc1)N1CCc2sccc2C1. The Hall–Kier alpha value is -1.85. The van der Waals surface area contributed by atoms with Gasteiger partial charge in [-0.05, 0) is 35.4 Å². The van der Waals surface area contributed by atoms with Crippen LogP contribution >= 0.6 is 11.3 Å². The zero-order valence-electron chi connectivity index (χ0n) is 14.2. The van der Waals surface area contributed by atoms with E-state index < -0.39 is 0 Å². The lowest BCUT2D eigenvalue weighted by Gasteiger charge is -2.34.